The molecule has 196 valence electrons. The van der Waals surface area contributed by atoms with Crippen LogP contribution in [0, 0.1) is 13.8 Å². The Labute approximate surface area is 237 Å². The summed E-state index contributed by atoms with van der Waals surface area (Å²) in [5.74, 6) is 0.452. The number of nitrogens with zero attached hydrogens (tertiary/aromatic N) is 2. The second kappa shape index (κ2) is 12.2. The van der Waals surface area contributed by atoms with Crippen molar-refractivity contribution in [3.8, 4) is 0 Å². The van der Waals surface area contributed by atoms with Crippen molar-refractivity contribution >= 4 is 71.3 Å². The Kier molecular flexibility index (Phi) is 10.2. The maximum absolute atomic E-state index is 12.7. The second-order valence-corrected chi connectivity index (χ2v) is 12.7. The fourth-order valence-electron chi connectivity index (χ4n) is 3.43. The van der Waals surface area contributed by atoms with Gasteiger partial charge in [-0.05, 0) is 43.7 Å². The van der Waals surface area contributed by atoms with Crippen molar-refractivity contribution in [2.75, 3.05) is 10.0 Å². The number of anilines is 2. The quantitative estimate of drug-likeness (QED) is 0.202. The predicted octanol–water partition coefficient (Wildman–Crippen LogP) is 1.89. The van der Waals surface area contributed by atoms with Gasteiger partial charge in [-0.3, -0.25) is 13.8 Å². The van der Waals surface area contributed by atoms with Gasteiger partial charge in [0, 0.05) is 23.9 Å². The van der Waals surface area contributed by atoms with Crippen molar-refractivity contribution in [1.29, 1.82) is 0 Å². The molecule has 0 aliphatic rings. The second-order valence-electron chi connectivity index (χ2n) is 7.87. The molecule has 0 saturated carbocycles. The number of nitrogens with one attached hydrogen (secondary N) is 2. The summed E-state index contributed by atoms with van der Waals surface area (Å²) < 4.78 is 95.1. The van der Waals surface area contributed by atoms with Crippen molar-refractivity contribution in [1.82, 2.24) is 9.97 Å². The summed E-state index contributed by atoms with van der Waals surface area (Å²) in [6.07, 6.45) is -0.726. The molecule has 16 heteroatoms. The van der Waals surface area contributed by atoms with E-state index in [1.807, 2.05) is 0 Å². The van der Waals surface area contributed by atoms with Crippen LogP contribution in [0.3, 0.4) is 0 Å². The minimum absolute atomic E-state index is 0. The van der Waals surface area contributed by atoms with Crippen molar-refractivity contribution in [3.05, 3.63) is 77.7 Å². The molecule has 0 saturated heterocycles. The number of hydrogen-bond acceptors (Lipinski definition) is 9. The first kappa shape index (κ1) is 31.1. The molecule has 0 radical (unpaired) electrons. The predicted molar refractivity (Wildman–Crippen MR) is 140 cm³/mol. The summed E-state index contributed by atoms with van der Waals surface area (Å²) in [6.45, 7) is 3.30. The number of rotatable bonds is 10. The van der Waals surface area contributed by atoms with Crippen LogP contribution in [0.15, 0.2) is 65.6 Å². The third kappa shape index (κ3) is 8.71. The molecular formula is C21H25N4NaO8S3. The zero-order chi connectivity index (χ0) is 26.7. The molecule has 0 aliphatic carbocycles. The molecule has 2 unspecified atom stereocenters. The molecule has 0 bridgehead atoms. The molecule has 37 heavy (non-hydrogen) atoms. The molecule has 0 aliphatic heterocycles. The van der Waals surface area contributed by atoms with Crippen LogP contribution in [0.5, 0.6) is 0 Å². The average molecular weight is 581 g/mol. The van der Waals surface area contributed by atoms with E-state index in [0.717, 1.165) is 0 Å². The summed E-state index contributed by atoms with van der Waals surface area (Å²) >= 11 is 0. The van der Waals surface area contributed by atoms with E-state index in [1.54, 1.807) is 19.9 Å². The molecular weight excluding hydrogens is 555 g/mol. The average Bonchev–Trinajstić information content (AvgIpc) is 2.75. The fraction of sp³-hybridized carbons (Fsp3) is 0.238. The van der Waals surface area contributed by atoms with Gasteiger partial charge in [0.15, 0.2) is 5.37 Å². The van der Waals surface area contributed by atoms with Crippen LogP contribution < -0.4 is 10.0 Å². The molecule has 4 N–H and O–H groups in total. The van der Waals surface area contributed by atoms with Crippen molar-refractivity contribution in [2.45, 2.75) is 35.8 Å². The number of benzene rings is 2. The van der Waals surface area contributed by atoms with Gasteiger partial charge < -0.3 is 5.32 Å². The van der Waals surface area contributed by atoms with Gasteiger partial charge in [-0.25, -0.2) is 18.4 Å². The molecule has 0 spiro atoms. The molecule has 2 atom stereocenters. The fourth-order valence-corrected chi connectivity index (χ4v) is 6.20. The molecule has 1 aromatic heterocycles. The van der Waals surface area contributed by atoms with Gasteiger partial charge in [0.25, 0.3) is 30.3 Å². The Morgan fingerprint density at radius 1 is 0.838 bits per heavy atom. The van der Waals surface area contributed by atoms with Gasteiger partial charge in [-0.2, -0.15) is 16.8 Å². The van der Waals surface area contributed by atoms with E-state index < -0.39 is 47.3 Å². The van der Waals surface area contributed by atoms with E-state index in [1.165, 1.54) is 54.6 Å². The first-order chi connectivity index (χ1) is 16.6. The molecule has 2 aromatic carbocycles. The molecule has 0 fully saturated rings. The first-order valence-electron chi connectivity index (χ1n) is 10.3. The monoisotopic (exact) mass is 580 g/mol. The van der Waals surface area contributed by atoms with E-state index in [9.17, 15) is 34.4 Å². The van der Waals surface area contributed by atoms with Gasteiger partial charge in [-0.1, -0.05) is 30.3 Å². The van der Waals surface area contributed by atoms with Gasteiger partial charge in [0.05, 0.1) is 4.90 Å². The van der Waals surface area contributed by atoms with Gasteiger partial charge >= 0.3 is 29.6 Å². The summed E-state index contributed by atoms with van der Waals surface area (Å²) in [4.78, 5) is 7.94. The van der Waals surface area contributed by atoms with Crippen LogP contribution in [0.1, 0.15) is 28.8 Å². The van der Waals surface area contributed by atoms with E-state index in [0.29, 0.717) is 11.5 Å². The number of sulfonamides is 1. The van der Waals surface area contributed by atoms with Crippen molar-refractivity contribution < 1.29 is 34.4 Å². The Bertz CT molecular complexity index is 1530. The molecule has 12 nitrogen and oxygen atoms in total. The molecule has 1 heterocycles. The Hall–Kier alpha value is -2.11. The Balaban J connectivity index is 0.00000481. The van der Waals surface area contributed by atoms with Crippen LogP contribution >= 0.6 is 0 Å². The van der Waals surface area contributed by atoms with Gasteiger partial charge in [0.2, 0.25) is 0 Å². The first-order valence-corrected chi connectivity index (χ1v) is 14.8. The normalized spacial score (nSPS) is 13.7. The van der Waals surface area contributed by atoms with Gasteiger partial charge in [-0.15, -0.1) is 0 Å². The summed E-state index contributed by atoms with van der Waals surface area (Å²) in [5.41, 5.74) is 0.764. The van der Waals surface area contributed by atoms with Crippen molar-refractivity contribution in [3.63, 3.8) is 0 Å². The third-order valence-electron chi connectivity index (χ3n) is 5.02. The Morgan fingerprint density at radius 3 is 1.95 bits per heavy atom. The standard InChI is InChI=1S/C21H24N4O8S3.Na.H/c1-14-12-20(23-15(2)22-14)25-34(26,27)18-10-8-17(9-11-18)24-21(36(31,32)33)13-19(35(28,29)30)16-6-4-3-5-7-16;;/h3-12,19,21,24H,13H2,1-2H3,(H,22,23,25)(H,28,29,30)(H,31,32,33);;. The molecule has 3 rings (SSSR count). The Morgan fingerprint density at radius 2 is 1.43 bits per heavy atom. The third-order valence-corrected chi connectivity index (χ3v) is 8.60. The topological polar surface area (TPSA) is 193 Å². The van der Waals surface area contributed by atoms with Crippen LogP contribution in [0.25, 0.3) is 0 Å². The van der Waals surface area contributed by atoms with Crippen LogP contribution in [0.4, 0.5) is 11.5 Å². The number of aryl methyl sites for hydroxylation is 2. The number of hydrogen-bond donors (Lipinski definition) is 4. The summed E-state index contributed by atoms with van der Waals surface area (Å²) in [6, 6.07) is 13.7. The van der Waals surface area contributed by atoms with Gasteiger partial charge in [0.1, 0.15) is 16.9 Å². The minimum atomic E-state index is -4.85. The molecule has 0 amide bonds. The molecule has 3 aromatic rings. The summed E-state index contributed by atoms with van der Waals surface area (Å²) in [7, 11) is -13.6. The van der Waals surface area contributed by atoms with Crippen molar-refractivity contribution in [2.24, 2.45) is 0 Å². The summed E-state index contributed by atoms with van der Waals surface area (Å²) in [5, 5.41) is -1.00. The van der Waals surface area contributed by atoms with Crippen LogP contribution in [0.2, 0.25) is 0 Å². The zero-order valence-corrected chi connectivity index (χ0v) is 21.5. The number of aromatic nitrogens is 2. The maximum atomic E-state index is 12.7. The zero-order valence-electron chi connectivity index (χ0n) is 19.1. The van der Waals surface area contributed by atoms with Crippen LogP contribution in [-0.4, -0.2) is 79.3 Å². The van der Waals surface area contributed by atoms with E-state index >= 15 is 0 Å². The van der Waals surface area contributed by atoms with E-state index in [2.05, 4.69) is 20.0 Å². The van der Waals surface area contributed by atoms with E-state index in [4.69, 9.17) is 0 Å². The van der Waals surface area contributed by atoms with E-state index in [-0.39, 0.29) is 51.5 Å². The SMILES string of the molecule is Cc1cc(NS(=O)(=O)c2ccc(NC(CC(c3ccccc3)S(=O)(=O)O)S(=O)(=O)O)cc2)nc(C)n1.[NaH]. The van der Waals surface area contributed by atoms with Crippen LogP contribution in [-0.2, 0) is 30.3 Å².